The minimum atomic E-state index is 0.117. The molecule has 0 atom stereocenters. The van der Waals surface area contributed by atoms with Crippen molar-refractivity contribution in [2.75, 3.05) is 0 Å². The highest BCUT2D eigenvalue weighted by Gasteiger charge is 1.88. The summed E-state index contributed by atoms with van der Waals surface area (Å²) < 4.78 is 0. The maximum absolute atomic E-state index is 3.86. The molecule has 0 N–H and O–H groups in total. The summed E-state index contributed by atoms with van der Waals surface area (Å²) in [5.74, 6) is 0. The highest BCUT2D eigenvalue weighted by atomic mass is 28.2. The van der Waals surface area contributed by atoms with Crippen LogP contribution in [0.1, 0.15) is 13.8 Å². The molecule has 9 heavy (non-hydrogen) atoms. The van der Waals surface area contributed by atoms with E-state index in [1.807, 2.05) is 0 Å². The van der Waals surface area contributed by atoms with Crippen LogP contribution in [-0.2, 0) is 0 Å². The van der Waals surface area contributed by atoms with Crippen molar-refractivity contribution in [3.63, 3.8) is 0 Å². The van der Waals surface area contributed by atoms with Gasteiger partial charge in [-0.05, 0) is 25.9 Å². The zero-order valence-corrected chi connectivity index (χ0v) is 7.95. The predicted molar refractivity (Wildman–Crippen MR) is 47.8 cm³/mol. The van der Waals surface area contributed by atoms with E-state index in [1.54, 1.807) is 0 Å². The molecule has 0 aliphatic carbocycles. The molecule has 0 saturated heterocycles. The molecule has 52 valence electrons. The van der Waals surface area contributed by atoms with Crippen LogP contribution in [0.25, 0.3) is 0 Å². The summed E-state index contributed by atoms with van der Waals surface area (Å²) in [7, 11) is 0.117. The maximum atomic E-state index is 3.86. The Morgan fingerprint density at radius 3 is 1.67 bits per heavy atom. The lowest BCUT2D eigenvalue weighted by molar-refractivity contribution is 1.33. The molecule has 1 heteroatoms. The Labute approximate surface area is 60.5 Å². The number of allylic oxidation sites excluding steroid dienone is 2. The van der Waals surface area contributed by atoms with Crippen LogP contribution in [0.15, 0.2) is 24.3 Å². The van der Waals surface area contributed by atoms with Crippen molar-refractivity contribution < 1.29 is 0 Å². The number of hydrogen-bond acceptors (Lipinski definition) is 0. The molecule has 0 saturated carbocycles. The first-order valence-corrected chi connectivity index (χ1v) is 5.41. The second-order valence-electron chi connectivity index (χ2n) is 2.77. The van der Waals surface area contributed by atoms with Gasteiger partial charge in [0.2, 0.25) is 0 Å². The standard InChI is InChI=1S/C8H16Si/c1-7(2)5-9-6-8(3)4/h1,3,5-6,9H2,2,4H3. The van der Waals surface area contributed by atoms with Crippen LogP contribution in [0.5, 0.6) is 0 Å². The Hall–Kier alpha value is -0.303. The van der Waals surface area contributed by atoms with Gasteiger partial charge in [0.1, 0.15) is 0 Å². The molecule has 0 aliphatic heterocycles. The Bertz CT molecular complexity index is 99.7. The minimum Gasteiger partial charge on any atom is -0.100 e. The molecule has 0 fully saturated rings. The summed E-state index contributed by atoms with van der Waals surface area (Å²) in [6.07, 6.45) is 0. The summed E-state index contributed by atoms with van der Waals surface area (Å²) in [5.41, 5.74) is 2.67. The van der Waals surface area contributed by atoms with Crippen LogP contribution < -0.4 is 0 Å². The molecule has 0 bridgehead atoms. The van der Waals surface area contributed by atoms with Crippen LogP contribution in [-0.4, -0.2) is 9.52 Å². The predicted octanol–water partition coefficient (Wildman–Crippen LogP) is 2.14. The molecule has 0 spiro atoms. The van der Waals surface area contributed by atoms with E-state index >= 15 is 0 Å². The zero-order chi connectivity index (χ0) is 7.28. The van der Waals surface area contributed by atoms with Gasteiger partial charge in [0.15, 0.2) is 0 Å². The molecule has 0 aromatic rings. The van der Waals surface area contributed by atoms with Gasteiger partial charge >= 0.3 is 0 Å². The highest BCUT2D eigenvalue weighted by Crippen LogP contribution is 2.01. The van der Waals surface area contributed by atoms with Crippen molar-refractivity contribution in [3.05, 3.63) is 24.3 Å². The van der Waals surface area contributed by atoms with Crippen molar-refractivity contribution >= 4 is 9.52 Å². The van der Waals surface area contributed by atoms with Gasteiger partial charge in [0.25, 0.3) is 0 Å². The maximum Gasteiger partial charge on any atom is 0.0287 e. The molecule has 0 aromatic heterocycles. The minimum absolute atomic E-state index is 0.117. The van der Waals surface area contributed by atoms with Crippen LogP contribution >= 0.6 is 0 Å². The summed E-state index contributed by atoms with van der Waals surface area (Å²) >= 11 is 0. The lowest BCUT2D eigenvalue weighted by Crippen LogP contribution is -1.88. The first kappa shape index (κ1) is 8.70. The average molecular weight is 140 g/mol. The van der Waals surface area contributed by atoms with Gasteiger partial charge < -0.3 is 0 Å². The Morgan fingerprint density at radius 2 is 1.44 bits per heavy atom. The molecule has 0 nitrogen and oxygen atoms in total. The molecular weight excluding hydrogens is 124 g/mol. The number of hydrogen-bond donors (Lipinski definition) is 0. The second-order valence-corrected chi connectivity index (χ2v) is 4.47. The van der Waals surface area contributed by atoms with Crippen LogP contribution in [0, 0.1) is 0 Å². The SMILES string of the molecule is C=C(C)C[SiH2]CC(=C)C. The first-order valence-electron chi connectivity index (χ1n) is 3.41. The second kappa shape index (κ2) is 4.56. The van der Waals surface area contributed by atoms with Crippen LogP contribution in [0.4, 0.5) is 0 Å². The summed E-state index contributed by atoms with van der Waals surface area (Å²) in [5, 5.41) is 0. The molecule has 0 rings (SSSR count). The van der Waals surface area contributed by atoms with Gasteiger partial charge in [-0.3, -0.25) is 0 Å². The Morgan fingerprint density at radius 1 is 1.11 bits per heavy atom. The third-order valence-corrected chi connectivity index (χ3v) is 3.62. The fraction of sp³-hybridized carbons (Fsp3) is 0.500. The number of rotatable bonds is 4. The Kier molecular flexibility index (Phi) is 4.41. The average Bonchev–Trinajstić information content (AvgIpc) is 1.63. The third-order valence-electron chi connectivity index (χ3n) is 1.21. The van der Waals surface area contributed by atoms with Gasteiger partial charge in [-0.1, -0.05) is 11.1 Å². The fourth-order valence-electron chi connectivity index (χ4n) is 0.692. The van der Waals surface area contributed by atoms with Crippen molar-refractivity contribution in [1.29, 1.82) is 0 Å². The van der Waals surface area contributed by atoms with E-state index < -0.39 is 0 Å². The molecule has 0 aromatic carbocycles. The molecule has 0 aliphatic rings. The van der Waals surface area contributed by atoms with E-state index in [9.17, 15) is 0 Å². The molecule has 0 radical (unpaired) electrons. The van der Waals surface area contributed by atoms with Crippen molar-refractivity contribution in [1.82, 2.24) is 0 Å². The third kappa shape index (κ3) is 7.70. The van der Waals surface area contributed by atoms with Crippen molar-refractivity contribution in [2.24, 2.45) is 0 Å². The lowest BCUT2D eigenvalue weighted by atomic mass is 10.4. The monoisotopic (exact) mass is 140 g/mol. The van der Waals surface area contributed by atoms with E-state index in [-0.39, 0.29) is 9.52 Å². The van der Waals surface area contributed by atoms with Crippen LogP contribution in [0.3, 0.4) is 0 Å². The topological polar surface area (TPSA) is 0 Å². The van der Waals surface area contributed by atoms with E-state index in [1.165, 1.54) is 23.2 Å². The van der Waals surface area contributed by atoms with Gasteiger partial charge in [-0.2, -0.15) is 0 Å². The van der Waals surface area contributed by atoms with Gasteiger partial charge in [0, 0.05) is 9.52 Å². The molecule has 0 amide bonds. The lowest BCUT2D eigenvalue weighted by Gasteiger charge is -1.96. The summed E-state index contributed by atoms with van der Waals surface area (Å²) in [6, 6.07) is 2.57. The zero-order valence-electron chi connectivity index (χ0n) is 6.54. The van der Waals surface area contributed by atoms with E-state index in [2.05, 4.69) is 27.0 Å². The van der Waals surface area contributed by atoms with E-state index in [4.69, 9.17) is 0 Å². The van der Waals surface area contributed by atoms with E-state index in [0.717, 1.165) is 0 Å². The van der Waals surface area contributed by atoms with Gasteiger partial charge in [0.05, 0.1) is 0 Å². The quantitative estimate of drug-likeness (QED) is 0.414. The highest BCUT2D eigenvalue weighted by molar-refractivity contribution is 6.37. The molecule has 0 unspecified atom stereocenters. The van der Waals surface area contributed by atoms with Gasteiger partial charge in [-0.25, -0.2) is 0 Å². The first-order chi connectivity index (χ1) is 4.13. The molecular formula is C8H16Si. The normalized spacial score (nSPS) is 9.11. The summed E-state index contributed by atoms with van der Waals surface area (Å²) in [4.78, 5) is 0. The van der Waals surface area contributed by atoms with Crippen molar-refractivity contribution in [2.45, 2.75) is 25.9 Å². The van der Waals surface area contributed by atoms with E-state index in [0.29, 0.717) is 0 Å². The van der Waals surface area contributed by atoms with Crippen LogP contribution in [0.2, 0.25) is 12.1 Å². The molecule has 0 heterocycles. The summed E-state index contributed by atoms with van der Waals surface area (Å²) in [6.45, 7) is 11.9. The smallest absolute Gasteiger partial charge is 0.0287 e. The van der Waals surface area contributed by atoms with Gasteiger partial charge in [-0.15, -0.1) is 13.2 Å². The Balaban J connectivity index is 3.10. The fourth-order valence-corrected chi connectivity index (χ4v) is 2.08. The largest absolute Gasteiger partial charge is 0.100 e. The van der Waals surface area contributed by atoms with Crippen molar-refractivity contribution in [3.8, 4) is 0 Å².